The lowest BCUT2D eigenvalue weighted by Crippen LogP contribution is -2.30. The molecule has 11 heteroatoms. The number of halogens is 4. The fourth-order valence-electron chi connectivity index (χ4n) is 2.60. The number of nitrogens with one attached hydrogen (secondary N) is 1. The molecule has 0 saturated carbocycles. The molecule has 2 rings (SSSR count). The van der Waals surface area contributed by atoms with E-state index in [2.05, 4.69) is 5.32 Å². The van der Waals surface area contributed by atoms with Gasteiger partial charge in [0, 0.05) is 18.0 Å². The second-order valence-corrected chi connectivity index (χ2v) is 9.45. The van der Waals surface area contributed by atoms with E-state index in [-0.39, 0.29) is 39.2 Å². The first-order valence-corrected chi connectivity index (χ1v) is 11.7. The van der Waals surface area contributed by atoms with Crippen molar-refractivity contribution < 1.29 is 26.4 Å². The number of sulfonamides is 1. The Hall–Kier alpha value is -1.75. The van der Waals surface area contributed by atoms with Crippen LogP contribution in [0.2, 0.25) is 5.02 Å². The summed E-state index contributed by atoms with van der Waals surface area (Å²) < 4.78 is 64.3. The van der Waals surface area contributed by atoms with Crippen molar-refractivity contribution in [3.8, 4) is 0 Å². The standard InChI is InChI=1S/C19H20ClF3N2O3S2/c1-3-25(4-2)30(27,28)13-9-10-15(20)14(11-13)18(26)24-16-7-5-6-8-17(16)29-12-19(21,22)23/h5-11H,3-4,12H2,1-2H3,(H,24,26). The summed E-state index contributed by atoms with van der Waals surface area (Å²) in [5.41, 5.74) is 0.0744. The average Bonchev–Trinajstić information content (AvgIpc) is 2.67. The number of hydrogen-bond acceptors (Lipinski definition) is 4. The molecule has 0 aliphatic rings. The third kappa shape index (κ3) is 6.13. The zero-order chi connectivity index (χ0) is 22.5. The minimum Gasteiger partial charge on any atom is -0.321 e. The van der Waals surface area contributed by atoms with Gasteiger partial charge in [-0.1, -0.05) is 37.6 Å². The van der Waals surface area contributed by atoms with E-state index in [0.717, 1.165) is 6.07 Å². The van der Waals surface area contributed by atoms with Crippen LogP contribution in [0.1, 0.15) is 24.2 Å². The van der Waals surface area contributed by atoms with Crippen molar-refractivity contribution in [2.75, 3.05) is 24.2 Å². The van der Waals surface area contributed by atoms with Crippen LogP contribution in [-0.4, -0.2) is 43.6 Å². The van der Waals surface area contributed by atoms with Gasteiger partial charge in [0.25, 0.3) is 5.91 Å². The summed E-state index contributed by atoms with van der Waals surface area (Å²) in [6.45, 7) is 3.90. The van der Waals surface area contributed by atoms with E-state index in [4.69, 9.17) is 11.6 Å². The predicted octanol–water partition coefficient (Wildman–Crippen LogP) is 5.28. The quantitative estimate of drug-likeness (QED) is 0.522. The Labute approximate surface area is 182 Å². The molecule has 1 N–H and O–H groups in total. The van der Waals surface area contributed by atoms with E-state index in [9.17, 15) is 26.4 Å². The lowest BCUT2D eigenvalue weighted by Gasteiger charge is -2.19. The first kappa shape index (κ1) is 24.5. The summed E-state index contributed by atoms with van der Waals surface area (Å²) in [4.78, 5) is 12.9. The SMILES string of the molecule is CCN(CC)S(=O)(=O)c1ccc(Cl)c(C(=O)Nc2ccccc2SCC(F)(F)F)c1. The van der Waals surface area contributed by atoms with Gasteiger partial charge in [0.1, 0.15) is 0 Å². The maximum absolute atomic E-state index is 12.7. The molecule has 0 unspecified atom stereocenters. The van der Waals surface area contributed by atoms with Gasteiger partial charge in [-0.2, -0.15) is 17.5 Å². The monoisotopic (exact) mass is 480 g/mol. The summed E-state index contributed by atoms with van der Waals surface area (Å²) in [5.74, 6) is -1.84. The molecule has 0 saturated heterocycles. The van der Waals surface area contributed by atoms with Gasteiger partial charge in [0.15, 0.2) is 0 Å². The molecule has 0 spiro atoms. The smallest absolute Gasteiger partial charge is 0.321 e. The highest BCUT2D eigenvalue weighted by Gasteiger charge is 2.28. The Kier molecular flexibility index (Phi) is 8.20. The van der Waals surface area contributed by atoms with Crippen LogP contribution in [0.4, 0.5) is 18.9 Å². The number of alkyl halides is 3. The summed E-state index contributed by atoms with van der Waals surface area (Å²) in [5, 5.41) is 2.54. The Bertz CT molecular complexity index is 1010. The van der Waals surface area contributed by atoms with Crippen LogP contribution in [0.25, 0.3) is 0 Å². The molecule has 0 aromatic heterocycles. The number of benzene rings is 2. The molecule has 0 fully saturated rings. The minimum absolute atomic E-state index is 0.0198. The van der Waals surface area contributed by atoms with Crippen LogP contribution >= 0.6 is 23.4 Å². The Balaban J connectivity index is 2.33. The topological polar surface area (TPSA) is 66.5 Å². The summed E-state index contributed by atoms with van der Waals surface area (Å²) in [6.07, 6.45) is -4.36. The highest BCUT2D eigenvalue weighted by Crippen LogP contribution is 2.33. The summed E-state index contributed by atoms with van der Waals surface area (Å²) in [6, 6.07) is 9.80. The minimum atomic E-state index is -4.36. The highest BCUT2D eigenvalue weighted by molar-refractivity contribution is 7.99. The van der Waals surface area contributed by atoms with Gasteiger partial charge in [0.2, 0.25) is 10.0 Å². The molecule has 0 radical (unpaired) electrons. The van der Waals surface area contributed by atoms with Gasteiger partial charge in [-0.3, -0.25) is 4.79 Å². The Morgan fingerprint density at radius 3 is 2.37 bits per heavy atom. The second-order valence-electron chi connectivity index (χ2n) is 6.09. The van der Waals surface area contributed by atoms with Crippen LogP contribution in [0.3, 0.4) is 0 Å². The third-order valence-electron chi connectivity index (χ3n) is 4.05. The Morgan fingerprint density at radius 2 is 1.77 bits per heavy atom. The average molecular weight is 481 g/mol. The Morgan fingerprint density at radius 1 is 1.13 bits per heavy atom. The van der Waals surface area contributed by atoms with Crippen LogP contribution in [0, 0.1) is 0 Å². The van der Waals surface area contributed by atoms with E-state index in [0.29, 0.717) is 11.8 Å². The van der Waals surface area contributed by atoms with E-state index < -0.39 is 27.9 Å². The predicted molar refractivity (Wildman–Crippen MR) is 113 cm³/mol. The zero-order valence-corrected chi connectivity index (χ0v) is 18.6. The zero-order valence-electron chi connectivity index (χ0n) is 16.2. The first-order chi connectivity index (χ1) is 14.0. The molecule has 30 heavy (non-hydrogen) atoms. The van der Waals surface area contributed by atoms with Crippen molar-refractivity contribution in [3.63, 3.8) is 0 Å². The lowest BCUT2D eigenvalue weighted by atomic mass is 10.2. The fourth-order valence-corrected chi connectivity index (χ4v) is 5.05. The largest absolute Gasteiger partial charge is 0.398 e. The molecule has 2 aromatic rings. The number of hydrogen-bond donors (Lipinski definition) is 1. The van der Waals surface area contributed by atoms with E-state index >= 15 is 0 Å². The maximum atomic E-state index is 12.7. The molecule has 2 aromatic carbocycles. The van der Waals surface area contributed by atoms with E-state index in [1.54, 1.807) is 26.0 Å². The van der Waals surface area contributed by atoms with Gasteiger partial charge in [-0.05, 0) is 30.3 Å². The van der Waals surface area contributed by atoms with Crippen LogP contribution in [-0.2, 0) is 10.0 Å². The molecule has 0 atom stereocenters. The lowest BCUT2D eigenvalue weighted by molar-refractivity contribution is -0.105. The number of carbonyl (C=O) groups excluding carboxylic acids is 1. The molecule has 0 bridgehead atoms. The summed E-state index contributed by atoms with van der Waals surface area (Å²) in [7, 11) is -3.81. The van der Waals surface area contributed by atoms with Gasteiger partial charge in [0.05, 0.1) is 26.9 Å². The number of nitrogens with zero attached hydrogens (tertiary/aromatic N) is 1. The third-order valence-corrected chi connectivity index (χ3v) is 7.57. The molecule has 5 nitrogen and oxygen atoms in total. The maximum Gasteiger partial charge on any atom is 0.398 e. The van der Waals surface area contributed by atoms with E-state index in [1.165, 1.54) is 28.6 Å². The molecule has 0 heterocycles. The fraction of sp³-hybridized carbons (Fsp3) is 0.316. The number of anilines is 1. The van der Waals surface area contributed by atoms with Crippen LogP contribution in [0.5, 0.6) is 0 Å². The van der Waals surface area contributed by atoms with Crippen molar-refractivity contribution in [3.05, 3.63) is 53.1 Å². The van der Waals surface area contributed by atoms with Crippen LogP contribution in [0.15, 0.2) is 52.3 Å². The summed E-state index contributed by atoms with van der Waals surface area (Å²) >= 11 is 6.63. The van der Waals surface area contributed by atoms with Crippen molar-refractivity contribution in [2.45, 2.75) is 29.8 Å². The number of thioether (sulfide) groups is 1. The van der Waals surface area contributed by atoms with Crippen molar-refractivity contribution in [2.24, 2.45) is 0 Å². The molecular formula is C19H20ClF3N2O3S2. The molecule has 0 aliphatic heterocycles. The number of amides is 1. The van der Waals surface area contributed by atoms with Gasteiger partial charge < -0.3 is 5.32 Å². The number of rotatable bonds is 8. The number of para-hydroxylation sites is 1. The van der Waals surface area contributed by atoms with E-state index in [1.807, 2.05) is 0 Å². The van der Waals surface area contributed by atoms with Gasteiger partial charge in [-0.15, -0.1) is 11.8 Å². The molecule has 164 valence electrons. The molecule has 0 aliphatic carbocycles. The molecular weight excluding hydrogens is 461 g/mol. The van der Waals surface area contributed by atoms with Gasteiger partial charge >= 0.3 is 6.18 Å². The van der Waals surface area contributed by atoms with Crippen molar-refractivity contribution in [1.82, 2.24) is 4.31 Å². The first-order valence-electron chi connectivity index (χ1n) is 8.89. The second kappa shape index (κ2) is 10.0. The normalized spacial score (nSPS) is 12.2. The van der Waals surface area contributed by atoms with Gasteiger partial charge in [-0.25, -0.2) is 8.42 Å². The van der Waals surface area contributed by atoms with Crippen molar-refractivity contribution >= 4 is 45.0 Å². The molecule has 1 amide bonds. The van der Waals surface area contributed by atoms with Crippen LogP contribution < -0.4 is 5.32 Å². The van der Waals surface area contributed by atoms with Crippen molar-refractivity contribution in [1.29, 1.82) is 0 Å². The number of carbonyl (C=O) groups is 1. The highest BCUT2D eigenvalue weighted by atomic mass is 35.5.